The maximum Gasteiger partial charge on any atom is 0.242 e. The number of nitrogens with one attached hydrogen (secondary N) is 1. The van der Waals surface area contributed by atoms with E-state index in [2.05, 4.69) is 25.5 Å². The van der Waals surface area contributed by atoms with Crippen molar-refractivity contribution in [3.05, 3.63) is 24.3 Å². The minimum Gasteiger partial charge on any atom is -0.357 e. The van der Waals surface area contributed by atoms with Crippen LogP contribution < -0.4 is 5.32 Å². The minimum atomic E-state index is -0.169. The average Bonchev–Trinajstić information content (AvgIpc) is 3.06. The molecule has 1 fully saturated rings. The maximum atomic E-state index is 11.9. The highest BCUT2D eigenvalue weighted by atomic mass is 16.2. The Balaban J connectivity index is 1.94. The van der Waals surface area contributed by atoms with E-state index in [1.807, 2.05) is 6.20 Å². The fourth-order valence-corrected chi connectivity index (χ4v) is 2.49. The number of hydrogen-bond donors (Lipinski definition) is 1. The summed E-state index contributed by atoms with van der Waals surface area (Å²) in [6.45, 7) is 0. The number of aliphatic imine (C=N–C) groups is 1. The van der Waals surface area contributed by atoms with Crippen molar-refractivity contribution < 1.29 is 4.79 Å². The summed E-state index contributed by atoms with van der Waals surface area (Å²) < 4.78 is 1.71. The summed E-state index contributed by atoms with van der Waals surface area (Å²) >= 11 is 0. The van der Waals surface area contributed by atoms with E-state index in [0.717, 1.165) is 18.5 Å². The van der Waals surface area contributed by atoms with Gasteiger partial charge in [0.1, 0.15) is 6.04 Å². The van der Waals surface area contributed by atoms with E-state index in [0.29, 0.717) is 0 Å². The normalized spacial score (nSPS) is 25.8. The highest BCUT2D eigenvalue weighted by Crippen LogP contribution is 2.34. The second-order valence-electron chi connectivity index (χ2n) is 4.29. The van der Waals surface area contributed by atoms with Crippen LogP contribution in [-0.4, -0.2) is 45.1 Å². The van der Waals surface area contributed by atoms with Gasteiger partial charge in [0.15, 0.2) is 6.17 Å². The lowest BCUT2D eigenvalue weighted by Gasteiger charge is -2.33. The molecule has 18 heavy (non-hydrogen) atoms. The molecule has 0 bridgehead atoms. The van der Waals surface area contributed by atoms with Crippen molar-refractivity contribution in [2.24, 2.45) is 4.99 Å². The molecule has 0 saturated carbocycles. The Kier molecular flexibility index (Phi) is 2.58. The van der Waals surface area contributed by atoms with E-state index >= 15 is 0 Å². The maximum absolute atomic E-state index is 11.9. The van der Waals surface area contributed by atoms with Crippen LogP contribution in [0.15, 0.2) is 29.3 Å². The Morgan fingerprint density at radius 1 is 1.56 bits per heavy atom. The number of hydrogen-bond acceptors (Lipinski definition) is 5. The molecule has 1 N–H and O–H groups in total. The van der Waals surface area contributed by atoms with Gasteiger partial charge in [-0.2, -0.15) is 0 Å². The molecule has 3 rings (SSSR count). The number of aromatic nitrogens is 3. The average molecular weight is 246 g/mol. The number of amides is 1. The first-order chi connectivity index (χ1) is 8.81. The summed E-state index contributed by atoms with van der Waals surface area (Å²) in [7, 11) is 1.66. The fraction of sp³-hybridized carbons (Fsp3) is 0.455. The zero-order valence-electron chi connectivity index (χ0n) is 10.0. The van der Waals surface area contributed by atoms with Crippen LogP contribution in [0.1, 0.15) is 19.0 Å². The summed E-state index contributed by atoms with van der Waals surface area (Å²) in [5.41, 5.74) is 1.08. The molecule has 7 heteroatoms. The molecule has 2 unspecified atom stereocenters. The van der Waals surface area contributed by atoms with E-state index in [9.17, 15) is 4.79 Å². The van der Waals surface area contributed by atoms with E-state index < -0.39 is 0 Å². The summed E-state index contributed by atoms with van der Waals surface area (Å²) in [4.78, 5) is 18.2. The predicted molar refractivity (Wildman–Crippen MR) is 64.6 cm³/mol. The zero-order chi connectivity index (χ0) is 12.5. The molecule has 1 aromatic rings. The van der Waals surface area contributed by atoms with E-state index in [1.54, 1.807) is 30.3 Å². The summed E-state index contributed by atoms with van der Waals surface area (Å²) in [5.74, 6) is 0.0267. The van der Waals surface area contributed by atoms with E-state index in [4.69, 9.17) is 0 Å². The largest absolute Gasteiger partial charge is 0.357 e. The Bertz CT molecular complexity index is 506. The Labute approximate surface area is 104 Å². The molecule has 1 aromatic heterocycles. The van der Waals surface area contributed by atoms with Crippen LogP contribution in [-0.2, 0) is 4.79 Å². The summed E-state index contributed by atoms with van der Waals surface area (Å²) in [6, 6.07) is -0.165. The van der Waals surface area contributed by atoms with Crippen molar-refractivity contribution in [3.63, 3.8) is 0 Å². The topological polar surface area (TPSA) is 75.4 Å². The van der Waals surface area contributed by atoms with Crippen LogP contribution in [0.2, 0.25) is 0 Å². The van der Waals surface area contributed by atoms with Gasteiger partial charge in [0.2, 0.25) is 5.91 Å². The van der Waals surface area contributed by atoms with Gasteiger partial charge >= 0.3 is 0 Å². The van der Waals surface area contributed by atoms with Gasteiger partial charge in [0.25, 0.3) is 0 Å². The molecule has 2 aliphatic heterocycles. The van der Waals surface area contributed by atoms with Gasteiger partial charge in [-0.25, -0.2) is 4.68 Å². The van der Waals surface area contributed by atoms with Crippen LogP contribution in [0.3, 0.4) is 0 Å². The quantitative estimate of drug-likeness (QED) is 0.791. The summed E-state index contributed by atoms with van der Waals surface area (Å²) in [6.07, 6.45) is 8.49. The van der Waals surface area contributed by atoms with Gasteiger partial charge < -0.3 is 10.2 Å². The molecule has 2 aliphatic rings. The number of nitrogens with zero attached hydrogens (tertiary/aromatic N) is 5. The Hall–Kier alpha value is -2.18. The van der Waals surface area contributed by atoms with E-state index in [1.165, 1.54) is 0 Å². The first-order valence-electron chi connectivity index (χ1n) is 5.89. The monoisotopic (exact) mass is 246 g/mol. The number of rotatable bonds is 2. The van der Waals surface area contributed by atoms with Crippen molar-refractivity contribution in [3.8, 4) is 0 Å². The lowest BCUT2D eigenvalue weighted by Crippen LogP contribution is -2.45. The molecule has 0 aromatic carbocycles. The molecule has 1 amide bonds. The van der Waals surface area contributed by atoms with Crippen molar-refractivity contribution in [2.75, 3.05) is 7.05 Å². The van der Waals surface area contributed by atoms with Gasteiger partial charge in [-0.1, -0.05) is 5.21 Å². The third-order valence-electron chi connectivity index (χ3n) is 3.33. The smallest absolute Gasteiger partial charge is 0.242 e. The van der Waals surface area contributed by atoms with Gasteiger partial charge in [-0.3, -0.25) is 9.79 Å². The number of fused-ring (bicyclic) bond motifs is 1. The van der Waals surface area contributed by atoms with Crippen molar-refractivity contribution in [1.29, 1.82) is 0 Å². The zero-order valence-corrected chi connectivity index (χ0v) is 10.0. The lowest BCUT2D eigenvalue weighted by atomic mass is 10.2. The molecule has 0 spiro atoms. The van der Waals surface area contributed by atoms with E-state index in [-0.39, 0.29) is 18.1 Å². The first kappa shape index (κ1) is 10.9. The van der Waals surface area contributed by atoms with Crippen LogP contribution in [0.4, 0.5) is 0 Å². The van der Waals surface area contributed by atoms with Crippen LogP contribution in [0.5, 0.6) is 0 Å². The first-order valence-corrected chi connectivity index (χ1v) is 5.89. The SMILES string of the molecule is CNC(=O)C1CCC2=CN=CC(n3ccnn3)N21. The molecule has 3 heterocycles. The van der Waals surface area contributed by atoms with Crippen molar-refractivity contribution in [2.45, 2.75) is 25.0 Å². The molecule has 0 aliphatic carbocycles. The fourth-order valence-electron chi connectivity index (χ4n) is 2.49. The third kappa shape index (κ3) is 1.59. The second-order valence-corrected chi connectivity index (χ2v) is 4.29. The number of allylic oxidation sites excluding steroid dienone is 1. The standard InChI is InChI=1S/C11H14N6O/c1-12-11(18)9-3-2-8-6-13-7-10(17(8)9)16-5-4-14-15-16/h4-7,9-10H,2-3H2,1H3,(H,12,18). The molecular weight excluding hydrogens is 232 g/mol. The van der Waals surface area contributed by atoms with Gasteiger partial charge in [0.05, 0.1) is 6.20 Å². The molecular formula is C11H14N6O. The number of likely N-dealkylation sites (N-methyl/N-ethyl adjacent to an activating group) is 1. The number of carbonyl (C=O) groups is 1. The third-order valence-corrected chi connectivity index (χ3v) is 3.33. The molecule has 94 valence electrons. The molecule has 2 atom stereocenters. The Morgan fingerprint density at radius 3 is 3.17 bits per heavy atom. The van der Waals surface area contributed by atoms with Gasteiger partial charge in [-0.15, -0.1) is 5.10 Å². The van der Waals surface area contributed by atoms with Gasteiger partial charge in [-0.05, 0) is 12.8 Å². The minimum absolute atomic E-state index is 0.0267. The molecule has 0 radical (unpaired) electrons. The summed E-state index contributed by atoms with van der Waals surface area (Å²) in [5, 5.41) is 10.5. The molecule has 7 nitrogen and oxygen atoms in total. The Morgan fingerprint density at radius 2 is 2.44 bits per heavy atom. The number of carbonyl (C=O) groups excluding carboxylic acids is 1. The predicted octanol–water partition coefficient (Wildman–Crippen LogP) is -0.0871. The van der Waals surface area contributed by atoms with Crippen LogP contribution in [0, 0.1) is 0 Å². The highest BCUT2D eigenvalue weighted by molar-refractivity contribution is 5.83. The highest BCUT2D eigenvalue weighted by Gasteiger charge is 2.39. The molecule has 1 saturated heterocycles. The van der Waals surface area contributed by atoms with Crippen molar-refractivity contribution in [1.82, 2.24) is 25.2 Å². The van der Waals surface area contributed by atoms with Crippen LogP contribution in [0.25, 0.3) is 0 Å². The van der Waals surface area contributed by atoms with Crippen molar-refractivity contribution >= 4 is 12.1 Å². The van der Waals surface area contributed by atoms with Crippen LogP contribution >= 0.6 is 0 Å². The van der Waals surface area contributed by atoms with Gasteiger partial charge in [0, 0.05) is 31.4 Å². The lowest BCUT2D eigenvalue weighted by molar-refractivity contribution is -0.125. The second kappa shape index (κ2) is 4.25.